The van der Waals surface area contributed by atoms with Crippen LogP contribution in [0.2, 0.25) is 5.02 Å². The maximum atomic E-state index is 10.8. The third-order valence-corrected chi connectivity index (χ3v) is 7.17. The lowest BCUT2D eigenvalue weighted by atomic mass is 10.1. The first-order chi connectivity index (χ1) is 19.2. The fraction of sp³-hybridized carbons (Fsp3) is 0.385. The number of ether oxygens (including phenoxy) is 1. The minimum atomic E-state index is -1.27. The van der Waals surface area contributed by atoms with Crippen LogP contribution < -0.4 is 11.1 Å². The van der Waals surface area contributed by atoms with E-state index in [-0.39, 0.29) is 5.82 Å². The zero-order chi connectivity index (χ0) is 28.4. The number of aromatic nitrogens is 3. The van der Waals surface area contributed by atoms with Crippen LogP contribution in [-0.2, 0) is 4.74 Å². The molecule has 2 fully saturated rings. The second-order valence-electron chi connectivity index (χ2n) is 9.70. The number of hydrogen-bond donors (Lipinski definition) is 5. The number of aliphatic hydroxyl groups is 3. The van der Waals surface area contributed by atoms with Gasteiger partial charge in [-0.25, -0.2) is 14.7 Å². The highest BCUT2D eigenvalue weighted by Crippen LogP contribution is 2.36. The molecule has 1 aromatic heterocycles. The molecule has 0 aliphatic carbocycles. The van der Waals surface area contributed by atoms with Crippen molar-refractivity contribution in [3.63, 3.8) is 0 Å². The van der Waals surface area contributed by atoms with Crippen LogP contribution in [0, 0.1) is 0 Å². The van der Waals surface area contributed by atoms with Crippen molar-refractivity contribution in [1.29, 1.82) is 0 Å². The minimum Gasteiger partial charge on any atom is -0.394 e. The SMILES string of the molecule is CN1CCN(C2=Nc3cc(Cl)ccc3Nc3ccccc32)CC1.NC(=O)c1ncn([C@@H]2O[C@H](CO)[C@@H](O)[C@H]2O)n1. The summed E-state index contributed by atoms with van der Waals surface area (Å²) in [4.78, 5) is 24.1. The number of carbonyl (C=O) groups is 1. The molecule has 13 nitrogen and oxygen atoms in total. The summed E-state index contributed by atoms with van der Waals surface area (Å²) < 4.78 is 6.25. The fourth-order valence-electron chi connectivity index (χ4n) is 4.68. The van der Waals surface area contributed by atoms with Crippen LogP contribution in [0.15, 0.2) is 53.8 Å². The van der Waals surface area contributed by atoms with Crippen molar-refractivity contribution in [3.8, 4) is 0 Å². The number of halogens is 1. The van der Waals surface area contributed by atoms with Crippen molar-refractivity contribution in [2.75, 3.05) is 45.2 Å². The second kappa shape index (κ2) is 11.9. The number of aliphatic hydroxyl groups excluding tert-OH is 3. The molecule has 6 rings (SSSR count). The zero-order valence-corrected chi connectivity index (χ0v) is 22.5. The molecule has 1 amide bonds. The molecule has 40 heavy (non-hydrogen) atoms. The maximum Gasteiger partial charge on any atom is 0.288 e. The predicted octanol–water partition coefficient (Wildman–Crippen LogP) is 0.711. The number of rotatable bonds is 3. The van der Waals surface area contributed by atoms with Gasteiger partial charge in [-0.05, 0) is 37.4 Å². The average Bonchev–Trinajstić information content (AvgIpc) is 3.50. The molecule has 3 aliphatic heterocycles. The molecule has 212 valence electrons. The van der Waals surface area contributed by atoms with Gasteiger partial charge in [0.05, 0.1) is 18.0 Å². The predicted molar refractivity (Wildman–Crippen MR) is 148 cm³/mol. The fourth-order valence-corrected chi connectivity index (χ4v) is 4.84. The molecule has 2 saturated heterocycles. The third-order valence-electron chi connectivity index (χ3n) is 6.93. The number of likely N-dealkylation sites (N-methyl/N-ethyl adjacent to an activating group) is 1. The summed E-state index contributed by atoms with van der Waals surface area (Å²) in [6, 6.07) is 14.2. The molecule has 2 aromatic carbocycles. The Hall–Kier alpha value is -3.59. The van der Waals surface area contributed by atoms with Crippen LogP contribution in [0.4, 0.5) is 17.1 Å². The van der Waals surface area contributed by atoms with Crippen LogP contribution in [0.25, 0.3) is 0 Å². The van der Waals surface area contributed by atoms with E-state index in [1.165, 1.54) is 0 Å². The highest BCUT2D eigenvalue weighted by Gasteiger charge is 2.44. The number of nitrogens with zero attached hydrogens (tertiary/aromatic N) is 6. The van der Waals surface area contributed by atoms with Crippen molar-refractivity contribution >= 4 is 40.4 Å². The van der Waals surface area contributed by atoms with E-state index in [0.717, 1.165) is 65.6 Å². The standard InChI is InChI=1S/C18H19ClN4.C8H12N4O5/c1-22-8-10-23(11-9-22)18-14-4-2-3-5-15(14)20-16-7-6-13(19)12-17(16)21-18;9-6(16)7-10-2-12(11-7)8-5(15)4(14)3(1-13)17-8/h2-7,12,20H,8-11H2,1H3;2-5,8,13-15H,1H2,(H2,9,16)/t;3-,4-,5-,8-/m.1/s1. The van der Waals surface area contributed by atoms with Crippen LogP contribution in [0.3, 0.4) is 0 Å². The Labute approximate surface area is 235 Å². The van der Waals surface area contributed by atoms with E-state index in [4.69, 9.17) is 32.2 Å². The van der Waals surface area contributed by atoms with Gasteiger partial charge in [-0.2, -0.15) is 0 Å². The van der Waals surface area contributed by atoms with Gasteiger partial charge in [-0.1, -0.05) is 23.7 Å². The average molecular weight is 571 g/mol. The molecule has 0 saturated carbocycles. The Morgan fingerprint density at radius 3 is 2.55 bits per heavy atom. The number of nitrogens with one attached hydrogen (secondary N) is 1. The number of benzene rings is 2. The second-order valence-corrected chi connectivity index (χ2v) is 10.1. The minimum absolute atomic E-state index is 0.220. The molecule has 0 spiro atoms. The Kier molecular flexibility index (Phi) is 8.30. The Morgan fingerprint density at radius 1 is 1.12 bits per heavy atom. The summed E-state index contributed by atoms with van der Waals surface area (Å²) in [7, 11) is 2.16. The van der Waals surface area contributed by atoms with Crippen LogP contribution >= 0.6 is 11.6 Å². The number of carbonyl (C=O) groups excluding carboxylic acids is 1. The summed E-state index contributed by atoms with van der Waals surface area (Å²) >= 11 is 6.18. The number of primary amides is 1. The molecule has 0 radical (unpaired) electrons. The smallest absolute Gasteiger partial charge is 0.288 e. The van der Waals surface area contributed by atoms with Crippen molar-refractivity contribution in [3.05, 3.63) is 65.2 Å². The third kappa shape index (κ3) is 5.80. The molecule has 3 aromatic rings. The monoisotopic (exact) mass is 570 g/mol. The van der Waals surface area contributed by atoms with Gasteiger partial charge in [-0.3, -0.25) is 4.79 Å². The first-order valence-corrected chi connectivity index (χ1v) is 13.1. The van der Waals surface area contributed by atoms with Crippen LogP contribution in [0.5, 0.6) is 0 Å². The van der Waals surface area contributed by atoms with Gasteiger partial charge in [0.2, 0.25) is 5.82 Å². The van der Waals surface area contributed by atoms with Gasteiger partial charge in [-0.15, -0.1) is 5.10 Å². The number of anilines is 2. The number of piperazine rings is 1. The molecule has 4 atom stereocenters. The maximum absolute atomic E-state index is 10.8. The lowest BCUT2D eigenvalue weighted by Crippen LogP contribution is -2.47. The van der Waals surface area contributed by atoms with Gasteiger partial charge < -0.3 is 40.9 Å². The lowest BCUT2D eigenvalue weighted by molar-refractivity contribution is -0.0588. The van der Waals surface area contributed by atoms with Gasteiger partial charge in [0.25, 0.3) is 5.91 Å². The van der Waals surface area contributed by atoms with Gasteiger partial charge in [0.15, 0.2) is 6.23 Å². The van der Waals surface area contributed by atoms with Crippen molar-refractivity contribution in [2.45, 2.75) is 24.5 Å². The van der Waals surface area contributed by atoms with E-state index < -0.39 is 37.1 Å². The van der Waals surface area contributed by atoms with E-state index >= 15 is 0 Å². The topological polar surface area (TPSA) is 175 Å². The summed E-state index contributed by atoms with van der Waals surface area (Å²) in [5, 5.41) is 36.0. The quantitative estimate of drug-likeness (QED) is 0.301. The molecule has 3 aliphatic rings. The molecular formula is C26H31ClN8O5. The summed E-state index contributed by atoms with van der Waals surface area (Å²) in [5.74, 6) is 0.000415. The van der Waals surface area contributed by atoms with Gasteiger partial charge in [0, 0.05) is 42.5 Å². The number of fused-ring (bicyclic) bond motifs is 2. The van der Waals surface area contributed by atoms with E-state index in [0.29, 0.717) is 5.02 Å². The largest absolute Gasteiger partial charge is 0.394 e. The first-order valence-electron chi connectivity index (χ1n) is 12.8. The van der Waals surface area contributed by atoms with Crippen LogP contribution in [0.1, 0.15) is 22.4 Å². The molecular weight excluding hydrogens is 540 g/mol. The van der Waals surface area contributed by atoms with E-state index in [2.05, 4.69) is 50.4 Å². The van der Waals surface area contributed by atoms with Crippen molar-refractivity contribution in [1.82, 2.24) is 24.6 Å². The molecule has 4 heterocycles. The molecule has 14 heteroatoms. The summed E-state index contributed by atoms with van der Waals surface area (Å²) in [5.41, 5.74) is 9.09. The van der Waals surface area contributed by atoms with Gasteiger partial charge in [0.1, 0.15) is 30.5 Å². The number of amides is 1. The highest BCUT2D eigenvalue weighted by molar-refractivity contribution is 6.31. The van der Waals surface area contributed by atoms with Gasteiger partial charge >= 0.3 is 0 Å². The van der Waals surface area contributed by atoms with Crippen molar-refractivity contribution in [2.24, 2.45) is 10.7 Å². The Balaban J connectivity index is 0.000000170. The Bertz CT molecular complexity index is 1390. The molecule has 6 N–H and O–H groups in total. The number of aliphatic imine (C=N–C) groups is 1. The Morgan fingerprint density at radius 2 is 1.88 bits per heavy atom. The summed E-state index contributed by atoms with van der Waals surface area (Å²) in [6.45, 7) is 3.64. The molecule has 0 unspecified atom stereocenters. The number of para-hydroxylation sites is 1. The summed E-state index contributed by atoms with van der Waals surface area (Å²) in [6.07, 6.45) is -3.26. The zero-order valence-electron chi connectivity index (χ0n) is 21.8. The molecule has 0 bridgehead atoms. The number of hydrogen-bond acceptors (Lipinski definition) is 11. The van der Waals surface area contributed by atoms with Crippen LogP contribution in [-0.4, -0.2) is 110 Å². The highest BCUT2D eigenvalue weighted by atomic mass is 35.5. The lowest BCUT2D eigenvalue weighted by Gasteiger charge is -2.34. The van der Waals surface area contributed by atoms with E-state index in [9.17, 15) is 15.0 Å². The normalized spacial score (nSPS) is 24.1. The first kappa shape index (κ1) is 28.0. The number of nitrogens with two attached hydrogens (primary N) is 1. The van der Waals surface area contributed by atoms with E-state index in [1.54, 1.807) is 0 Å². The number of amidine groups is 1. The van der Waals surface area contributed by atoms with E-state index in [1.807, 2.05) is 24.3 Å². The van der Waals surface area contributed by atoms with Crippen molar-refractivity contribution < 1.29 is 24.9 Å².